The molecular formula is C12H17ClN2O2S. The van der Waals surface area contributed by atoms with E-state index in [2.05, 4.69) is 10.6 Å². The normalized spacial score (nSPS) is 19.7. The predicted molar refractivity (Wildman–Crippen MR) is 73.3 cm³/mol. The Morgan fingerprint density at radius 2 is 2.50 bits per heavy atom. The third-order valence-electron chi connectivity index (χ3n) is 2.74. The van der Waals surface area contributed by atoms with Gasteiger partial charge in [-0.05, 0) is 18.6 Å². The number of amides is 1. The third kappa shape index (κ3) is 4.57. The lowest BCUT2D eigenvalue weighted by Gasteiger charge is -2.22. The first-order chi connectivity index (χ1) is 8.74. The molecule has 18 heavy (non-hydrogen) atoms. The van der Waals surface area contributed by atoms with Gasteiger partial charge < -0.3 is 15.4 Å². The van der Waals surface area contributed by atoms with E-state index in [4.69, 9.17) is 16.3 Å². The number of carbonyl (C=O) groups is 1. The molecule has 1 aromatic rings. The van der Waals surface area contributed by atoms with Crippen molar-refractivity contribution < 1.29 is 9.53 Å². The van der Waals surface area contributed by atoms with E-state index in [1.807, 2.05) is 12.1 Å². The minimum atomic E-state index is 0.00920. The Balaban J connectivity index is 1.62. The van der Waals surface area contributed by atoms with Crippen molar-refractivity contribution in [1.29, 1.82) is 0 Å². The third-order valence-corrected chi connectivity index (χ3v) is 4.03. The van der Waals surface area contributed by atoms with Gasteiger partial charge in [0.2, 0.25) is 5.91 Å². The highest BCUT2D eigenvalue weighted by Crippen LogP contribution is 2.21. The van der Waals surface area contributed by atoms with Gasteiger partial charge in [0.25, 0.3) is 0 Å². The fraction of sp³-hybridized carbons (Fsp3) is 0.583. The monoisotopic (exact) mass is 288 g/mol. The average Bonchev–Trinajstić information content (AvgIpc) is 2.76. The number of morpholine rings is 1. The number of rotatable bonds is 5. The van der Waals surface area contributed by atoms with Gasteiger partial charge in [-0.2, -0.15) is 0 Å². The second kappa shape index (κ2) is 7.09. The first-order valence-corrected chi connectivity index (χ1v) is 7.27. The molecule has 2 N–H and O–H groups in total. The standard InChI is InChI=1S/C12H17ClN2O2S/c13-11-2-1-10(18-11)3-4-15-12(16)7-9-8-14-5-6-17-9/h1-2,9,14H,3-8H2,(H,15,16). The van der Waals surface area contributed by atoms with Gasteiger partial charge in [0, 0.05) is 24.5 Å². The number of halogens is 1. The predicted octanol–water partition coefficient (Wildman–Crippen LogP) is 1.44. The lowest BCUT2D eigenvalue weighted by molar-refractivity contribution is -0.124. The first kappa shape index (κ1) is 13.8. The second-order valence-corrected chi connectivity index (χ2v) is 6.01. The second-order valence-electron chi connectivity index (χ2n) is 4.21. The van der Waals surface area contributed by atoms with Gasteiger partial charge in [0.05, 0.1) is 23.5 Å². The zero-order valence-corrected chi connectivity index (χ0v) is 11.6. The molecule has 0 saturated carbocycles. The summed E-state index contributed by atoms with van der Waals surface area (Å²) in [5.74, 6) is 0.0475. The summed E-state index contributed by atoms with van der Waals surface area (Å²) in [6.45, 7) is 2.96. The molecule has 0 spiro atoms. The minimum absolute atomic E-state index is 0.00920. The fourth-order valence-corrected chi connectivity index (χ4v) is 2.93. The summed E-state index contributed by atoms with van der Waals surface area (Å²) in [7, 11) is 0. The van der Waals surface area contributed by atoms with E-state index in [9.17, 15) is 4.79 Å². The molecule has 1 aliphatic rings. The van der Waals surface area contributed by atoms with Gasteiger partial charge in [0.1, 0.15) is 0 Å². The topological polar surface area (TPSA) is 50.4 Å². The highest BCUT2D eigenvalue weighted by atomic mass is 35.5. The lowest BCUT2D eigenvalue weighted by atomic mass is 10.2. The smallest absolute Gasteiger partial charge is 0.222 e. The molecular weight excluding hydrogens is 272 g/mol. The van der Waals surface area contributed by atoms with Crippen LogP contribution in [0.4, 0.5) is 0 Å². The van der Waals surface area contributed by atoms with Gasteiger partial charge in [-0.3, -0.25) is 4.79 Å². The summed E-state index contributed by atoms with van der Waals surface area (Å²) in [5.41, 5.74) is 0. The molecule has 1 amide bonds. The molecule has 1 saturated heterocycles. The van der Waals surface area contributed by atoms with Crippen molar-refractivity contribution in [3.63, 3.8) is 0 Å². The van der Waals surface area contributed by atoms with Crippen LogP contribution in [0.5, 0.6) is 0 Å². The van der Waals surface area contributed by atoms with Crippen LogP contribution in [-0.4, -0.2) is 38.3 Å². The Hall–Kier alpha value is -0.620. The van der Waals surface area contributed by atoms with Crippen LogP contribution >= 0.6 is 22.9 Å². The van der Waals surface area contributed by atoms with Gasteiger partial charge in [-0.15, -0.1) is 11.3 Å². The van der Waals surface area contributed by atoms with Crippen LogP contribution in [0.25, 0.3) is 0 Å². The highest BCUT2D eigenvalue weighted by Gasteiger charge is 2.16. The highest BCUT2D eigenvalue weighted by molar-refractivity contribution is 7.16. The van der Waals surface area contributed by atoms with Crippen molar-refractivity contribution in [1.82, 2.24) is 10.6 Å². The molecule has 0 aliphatic carbocycles. The van der Waals surface area contributed by atoms with E-state index >= 15 is 0 Å². The molecule has 1 aliphatic heterocycles. The summed E-state index contributed by atoms with van der Waals surface area (Å²) in [4.78, 5) is 12.9. The molecule has 4 nitrogen and oxygen atoms in total. The molecule has 6 heteroatoms. The van der Waals surface area contributed by atoms with E-state index in [-0.39, 0.29) is 12.0 Å². The van der Waals surface area contributed by atoms with E-state index < -0.39 is 0 Å². The summed E-state index contributed by atoms with van der Waals surface area (Å²) >= 11 is 7.39. The van der Waals surface area contributed by atoms with Crippen LogP contribution in [0.15, 0.2) is 12.1 Å². The fourth-order valence-electron chi connectivity index (χ4n) is 1.84. The maximum Gasteiger partial charge on any atom is 0.222 e. The van der Waals surface area contributed by atoms with Crippen LogP contribution in [0.1, 0.15) is 11.3 Å². The van der Waals surface area contributed by atoms with E-state index in [0.29, 0.717) is 19.6 Å². The molecule has 2 heterocycles. The van der Waals surface area contributed by atoms with Crippen LogP contribution in [-0.2, 0) is 16.0 Å². The Bertz CT molecular complexity index is 391. The summed E-state index contributed by atoms with van der Waals surface area (Å²) in [6.07, 6.45) is 1.26. The number of hydrogen-bond donors (Lipinski definition) is 2. The number of carbonyl (C=O) groups excluding carboxylic acids is 1. The molecule has 1 aromatic heterocycles. The molecule has 2 rings (SSSR count). The average molecular weight is 289 g/mol. The quantitative estimate of drug-likeness (QED) is 0.862. The Morgan fingerprint density at radius 3 is 3.17 bits per heavy atom. The number of nitrogens with one attached hydrogen (secondary N) is 2. The minimum Gasteiger partial charge on any atom is -0.375 e. The van der Waals surface area contributed by atoms with Crippen molar-refractivity contribution in [3.8, 4) is 0 Å². The van der Waals surface area contributed by atoms with Gasteiger partial charge in [-0.25, -0.2) is 0 Å². The van der Waals surface area contributed by atoms with E-state index in [1.54, 1.807) is 11.3 Å². The van der Waals surface area contributed by atoms with E-state index in [1.165, 1.54) is 4.88 Å². The SMILES string of the molecule is O=C(CC1CNCCO1)NCCc1ccc(Cl)s1. The van der Waals surface area contributed by atoms with Gasteiger partial charge in [-0.1, -0.05) is 11.6 Å². The van der Waals surface area contributed by atoms with Crippen LogP contribution < -0.4 is 10.6 Å². The van der Waals surface area contributed by atoms with Crippen molar-refractivity contribution in [3.05, 3.63) is 21.3 Å². The molecule has 0 radical (unpaired) electrons. The Morgan fingerprint density at radius 1 is 1.61 bits per heavy atom. The van der Waals surface area contributed by atoms with Crippen molar-refractivity contribution in [2.24, 2.45) is 0 Å². The number of thiophene rings is 1. The van der Waals surface area contributed by atoms with Crippen molar-refractivity contribution in [2.45, 2.75) is 18.9 Å². The maximum atomic E-state index is 11.7. The first-order valence-electron chi connectivity index (χ1n) is 6.07. The number of hydrogen-bond acceptors (Lipinski definition) is 4. The Kier molecular flexibility index (Phi) is 5.44. The van der Waals surface area contributed by atoms with Crippen LogP contribution in [0, 0.1) is 0 Å². The zero-order valence-electron chi connectivity index (χ0n) is 10.1. The molecule has 1 atom stereocenters. The van der Waals surface area contributed by atoms with Gasteiger partial charge >= 0.3 is 0 Å². The van der Waals surface area contributed by atoms with E-state index in [0.717, 1.165) is 23.8 Å². The summed E-state index contributed by atoms with van der Waals surface area (Å²) in [6, 6.07) is 3.87. The summed E-state index contributed by atoms with van der Waals surface area (Å²) < 4.78 is 6.27. The largest absolute Gasteiger partial charge is 0.375 e. The summed E-state index contributed by atoms with van der Waals surface area (Å²) in [5, 5.41) is 6.11. The maximum absolute atomic E-state index is 11.7. The number of ether oxygens (including phenoxy) is 1. The van der Waals surface area contributed by atoms with Crippen molar-refractivity contribution in [2.75, 3.05) is 26.2 Å². The van der Waals surface area contributed by atoms with Crippen molar-refractivity contribution >= 4 is 28.8 Å². The van der Waals surface area contributed by atoms with Gasteiger partial charge in [0.15, 0.2) is 0 Å². The van der Waals surface area contributed by atoms with Crippen LogP contribution in [0.3, 0.4) is 0 Å². The van der Waals surface area contributed by atoms with Crippen LogP contribution in [0.2, 0.25) is 4.34 Å². The molecule has 1 fully saturated rings. The Labute approximate surface area is 116 Å². The zero-order chi connectivity index (χ0) is 12.8. The molecule has 0 bridgehead atoms. The lowest BCUT2D eigenvalue weighted by Crippen LogP contribution is -2.41. The molecule has 100 valence electrons. The molecule has 1 unspecified atom stereocenters. The molecule has 0 aromatic carbocycles.